The molecule has 0 aromatic heterocycles. The van der Waals surface area contributed by atoms with Gasteiger partial charge in [-0.2, -0.15) is 0 Å². The van der Waals surface area contributed by atoms with Crippen molar-refractivity contribution in [2.24, 2.45) is 0 Å². The number of carbonyl (C=O) groups excluding carboxylic acids is 1. The lowest BCUT2D eigenvalue weighted by molar-refractivity contribution is -0.132. The minimum atomic E-state index is -0.339. The van der Waals surface area contributed by atoms with Crippen LogP contribution in [0.1, 0.15) is 28.0 Å². The number of hydrogen-bond acceptors (Lipinski definition) is 2. The highest BCUT2D eigenvalue weighted by atomic mass is 32.2. The van der Waals surface area contributed by atoms with E-state index in [-0.39, 0.29) is 23.0 Å². The molecular weight excluding hydrogens is 357 g/mol. The minimum absolute atomic E-state index is 0.0759. The van der Waals surface area contributed by atoms with Crippen molar-refractivity contribution in [1.29, 1.82) is 0 Å². The third-order valence-corrected chi connectivity index (χ3v) is 6.10. The first kappa shape index (κ1) is 17.8. The molecule has 1 aliphatic rings. The SMILES string of the molecule is O=C(C(c1ccccc1)c1ccccc1)N1CCSC1c1ccc(F)cc1. The van der Waals surface area contributed by atoms with E-state index in [1.54, 1.807) is 23.9 Å². The molecule has 0 N–H and O–H groups in total. The molecule has 1 unspecified atom stereocenters. The molecule has 0 spiro atoms. The van der Waals surface area contributed by atoms with E-state index in [1.807, 2.05) is 65.6 Å². The Hall–Kier alpha value is -2.59. The van der Waals surface area contributed by atoms with Crippen molar-refractivity contribution in [1.82, 2.24) is 4.90 Å². The fourth-order valence-electron chi connectivity index (χ4n) is 3.53. The molecule has 27 heavy (non-hydrogen) atoms. The lowest BCUT2D eigenvalue weighted by atomic mass is 9.90. The summed E-state index contributed by atoms with van der Waals surface area (Å²) >= 11 is 1.73. The van der Waals surface area contributed by atoms with Crippen LogP contribution in [0.25, 0.3) is 0 Å². The van der Waals surface area contributed by atoms with Crippen LogP contribution in [0, 0.1) is 5.82 Å². The summed E-state index contributed by atoms with van der Waals surface area (Å²) in [5.74, 6) is 0.371. The normalized spacial score (nSPS) is 16.7. The Morgan fingerprint density at radius 1 is 0.889 bits per heavy atom. The van der Waals surface area contributed by atoms with Gasteiger partial charge in [0.25, 0.3) is 0 Å². The fraction of sp³-hybridized carbons (Fsp3) is 0.174. The maximum absolute atomic E-state index is 13.6. The van der Waals surface area contributed by atoms with Crippen LogP contribution in [0.4, 0.5) is 4.39 Å². The Morgan fingerprint density at radius 2 is 1.44 bits per heavy atom. The lowest BCUT2D eigenvalue weighted by Crippen LogP contribution is -2.35. The standard InChI is InChI=1S/C23H20FNOS/c24-20-13-11-19(12-14-20)23-25(15-16-27-23)22(26)21(17-7-3-1-4-8-17)18-9-5-2-6-10-18/h1-14,21,23H,15-16H2. The Kier molecular flexibility index (Phi) is 5.26. The maximum atomic E-state index is 13.6. The zero-order valence-corrected chi connectivity index (χ0v) is 15.6. The molecule has 1 heterocycles. The van der Waals surface area contributed by atoms with Crippen molar-refractivity contribution < 1.29 is 9.18 Å². The predicted molar refractivity (Wildman–Crippen MR) is 108 cm³/mol. The van der Waals surface area contributed by atoms with E-state index in [4.69, 9.17) is 0 Å². The summed E-state index contributed by atoms with van der Waals surface area (Å²) in [5, 5.41) is -0.0759. The summed E-state index contributed by atoms with van der Waals surface area (Å²) in [6.45, 7) is 0.696. The molecular formula is C23H20FNOS. The summed E-state index contributed by atoms with van der Waals surface area (Å²) in [5.41, 5.74) is 2.94. The van der Waals surface area contributed by atoms with Crippen LogP contribution < -0.4 is 0 Å². The van der Waals surface area contributed by atoms with E-state index in [0.29, 0.717) is 6.54 Å². The van der Waals surface area contributed by atoms with E-state index < -0.39 is 0 Å². The zero-order valence-electron chi connectivity index (χ0n) is 14.8. The number of carbonyl (C=O) groups is 1. The van der Waals surface area contributed by atoms with Gasteiger partial charge in [-0.1, -0.05) is 72.8 Å². The topological polar surface area (TPSA) is 20.3 Å². The fourth-order valence-corrected chi connectivity index (χ4v) is 4.80. The first-order chi connectivity index (χ1) is 13.2. The van der Waals surface area contributed by atoms with Gasteiger partial charge in [-0.3, -0.25) is 4.79 Å². The minimum Gasteiger partial charge on any atom is -0.325 e. The van der Waals surface area contributed by atoms with E-state index in [2.05, 4.69) is 0 Å². The average Bonchev–Trinajstić information content (AvgIpc) is 3.20. The van der Waals surface area contributed by atoms with Crippen LogP contribution in [0.15, 0.2) is 84.9 Å². The first-order valence-electron chi connectivity index (χ1n) is 9.01. The predicted octanol–water partition coefficient (Wildman–Crippen LogP) is 5.23. The molecule has 1 saturated heterocycles. The van der Waals surface area contributed by atoms with E-state index in [9.17, 15) is 9.18 Å². The molecule has 1 amide bonds. The first-order valence-corrected chi connectivity index (χ1v) is 10.1. The van der Waals surface area contributed by atoms with Gasteiger partial charge in [0.05, 0.1) is 5.92 Å². The third-order valence-electron chi connectivity index (χ3n) is 4.84. The highest BCUT2D eigenvalue weighted by molar-refractivity contribution is 7.99. The number of hydrogen-bond donors (Lipinski definition) is 0. The zero-order chi connectivity index (χ0) is 18.6. The summed E-state index contributed by atoms with van der Waals surface area (Å²) in [4.78, 5) is 15.6. The second-order valence-electron chi connectivity index (χ2n) is 6.56. The van der Waals surface area contributed by atoms with Gasteiger partial charge in [0.15, 0.2) is 0 Å². The maximum Gasteiger partial charge on any atom is 0.235 e. The molecule has 136 valence electrons. The molecule has 0 saturated carbocycles. The second kappa shape index (κ2) is 7.97. The van der Waals surface area contributed by atoms with Crippen molar-refractivity contribution in [2.45, 2.75) is 11.3 Å². The Balaban J connectivity index is 1.69. The summed E-state index contributed by atoms with van der Waals surface area (Å²) in [6, 6.07) is 26.3. The third kappa shape index (κ3) is 3.76. The molecule has 1 fully saturated rings. The number of nitrogens with zero attached hydrogens (tertiary/aromatic N) is 1. The van der Waals surface area contributed by atoms with Crippen molar-refractivity contribution in [3.8, 4) is 0 Å². The van der Waals surface area contributed by atoms with Gasteiger partial charge in [0, 0.05) is 12.3 Å². The Labute approximate surface area is 163 Å². The van der Waals surface area contributed by atoms with Gasteiger partial charge < -0.3 is 4.90 Å². The Bertz CT molecular complexity index is 859. The number of amides is 1. The van der Waals surface area contributed by atoms with Crippen molar-refractivity contribution in [3.63, 3.8) is 0 Å². The molecule has 0 bridgehead atoms. The number of rotatable bonds is 4. The summed E-state index contributed by atoms with van der Waals surface area (Å²) in [6.07, 6.45) is 0. The largest absolute Gasteiger partial charge is 0.325 e. The van der Waals surface area contributed by atoms with Crippen LogP contribution in [0.3, 0.4) is 0 Å². The molecule has 0 radical (unpaired) electrons. The molecule has 3 aromatic rings. The van der Waals surface area contributed by atoms with Crippen LogP contribution in [-0.2, 0) is 4.79 Å². The number of thioether (sulfide) groups is 1. The van der Waals surface area contributed by atoms with Gasteiger partial charge in [0.2, 0.25) is 5.91 Å². The van der Waals surface area contributed by atoms with Gasteiger partial charge in [-0.15, -0.1) is 11.8 Å². The van der Waals surface area contributed by atoms with Crippen LogP contribution >= 0.6 is 11.8 Å². The number of benzene rings is 3. The van der Waals surface area contributed by atoms with Gasteiger partial charge in [0.1, 0.15) is 11.2 Å². The second-order valence-corrected chi connectivity index (χ2v) is 7.75. The lowest BCUT2D eigenvalue weighted by Gasteiger charge is -2.29. The van der Waals surface area contributed by atoms with Crippen LogP contribution in [-0.4, -0.2) is 23.1 Å². The molecule has 0 aliphatic carbocycles. The molecule has 3 aromatic carbocycles. The smallest absolute Gasteiger partial charge is 0.235 e. The van der Waals surface area contributed by atoms with E-state index in [1.165, 1.54) is 12.1 Å². The quantitative estimate of drug-likeness (QED) is 0.620. The van der Waals surface area contributed by atoms with Gasteiger partial charge >= 0.3 is 0 Å². The van der Waals surface area contributed by atoms with E-state index >= 15 is 0 Å². The molecule has 1 atom stereocenters. The van der Waals surface area contributed by atoms with Crippen molar-refractivity contribution in [3.05, 3.63) is 107 Å². The Morgan fingerprint density at radius 3 is 2.00 bits per heavy atom. The van der Waals surface area contributed by atoms with Crippen LogP contribution in [0.2, 0.25) is 0 Å². The van der Waals surface area contributed by atoms with Gasteiger partial charge in [-0.05, 0) is 28.8 Å². The summed E-state index contributed by atoms with van der Waals surface area (Å²) < 4.78 is 13.3. The van der Waals surface area contributed by atoms with Crippen molar-refractivity contribution in [2.75, 3.05) is 12.3 Å². The van der Waals surface area contributed by atoms with Crippen molar-refractivity contribution >= 4 is 17.7 Å². The molecule has 4 heteroatoms. The number of halogens is 1. The highest BCUT2D eigenvalue weighted by Crippen LogP contribution is 2.40. The summed E-state index contributed by atoms with van der Waals surface area (Å²) in [7, 11) is 0. The molecule has 2 nitrogen and oxygen atoms in total. The van der Waals surface area contributed by atoms with Gasteiger partial charge in [-0.25, -0.2) is 4.39 Å². The van der Waals surface area contributed by atoms with E-state index in [0.717, 1.165) is 22.4 Å². The van der Waals surface area contributed by atoms with Crippen LogP contribution in [0.5, 0.6) is 0 Å². The average molecular weight is 377 g/mol. The highest BCUT2D eigenvalue weighted by Gasteiger charge is 2.35. The molecule has 1 aliphatic heterocycles. The monoisotopic (exact) mass is 377 g/mol. The molecule has 4 rings (SSSR count).